The summed E-state index contributed by atoms with van der Waals surface area (Å²) in [7, 11) is 1.94. The Labute approximate surface area is 166 Å². The number of urea groups is 1. The zero-order valence-electron chi connectivity index (χ0n) is 16.6. The van der Waals surface area contributed by atoms with Gasteiger partial charge in [0.1, 0.15) is 5.54 Å². The molecule has 0 saturated carbocycles. The summed E-state index contributed by atoms with van der Waals surface area (Å²) in [6.45, 7) is 3.02. The minimum Gasteiger partial charge on any atom is -0.319 e. The molecule has 1 fully saturated rings. The molecule has 2 aromatic rings. The molecule has 146 valence electrons. The molecule has 2 aliphatic rings. The van der Waals surface area contributed by atoms with Crippen molar-refractivity contribution in [2.75, 3.05) is 13.7 Å². The summed E-state index contributed by atoms with van der Waals surface area (Å²) in [5, 5.41) is 3.05. The van der Waals surface area contributed by atoms with E-state index in [4.69, 9.17) is 0 Å². The van der Waals surface area contributed by atoms with E-state index in [9.17, 15) is 9.59 Å². The molecule has 4 rings (SSSR count). The van der Waals surface area contributed by atoms with Crippen LogP contribution in [-0.2, 0) is 23.3 Å². The second-order valence-corrected chi connectivity index (χ2v) is 8.07. The first-order valence-electron chi connectivity index (χ1n) is 9.96. The average Bonchev–Trinajstić information content (AvgIpc) is 2.83. The normalized spacial score (nSPS) is 21.8. The van der Waals surface area contributed by atoms with Crippen LogP contribution >= 0.6 is 0 Å². The van der Waals surface area contributed by atoms with Crippen molar-refractivity contribution in [3.05, 3.63) is 70.8 Å². The lowest BCUT2D eigenvalue weighted by Gasteiger charge is -2.28. The van der Waals surface area contributed by atoms with Crippen LogP contribution in [0, 0.1) is 6.92 Å². The third-order valence-corrected chi connectivity index (χ3v) is 5.86. The zero-order valence-corrected chi connectivity index (χ0v) is 16.6. The summed E-state index contributed by atoms with van der Waals surface area (Å²) in [4.78, 5) is 29.6. The van der Waals surface area contributed by atoms with Crippen molar-refractivity contribution in [2.45, 2.75) is 44.7 Å². The molecule has 1 aliphatic carbocycles. The highest BCUT2D eigenvalue weighted by Gasteiger charge is 2.53. The van der Waals surface area contributed by atoms with Crippen LogP contribution in [0.25, 0.3) is 0 Å². The molecule has 1 spiro atoms. The molecule has 1 heterocycles. The Hall–Kier alpha value is -2.66. The Morgan fingerprint density at radius 1 is 1.07 bits per heavy atom. The Morgan fingerprint density at radius 2 is 1.82 bits per heavy atom. The molecule has 5 nitrogen and oxygen atoms in total. The van der Waals surface area contributed by atoms with Gasteiger partial charge in [-0.1, -0.05) is 54.1 Å². The van der Waals surface area contributed by atoms with Crippen molar-refractivity contribution in [3.8, 4) is 0 Å². The maximum Gasteiger partial charge on any atom is 0.326 e. The third-order valence-electron chi connectivity index (χ3n) is 5.86. The number of carbonyl (C=O) groups excluding carboxylic acids is 2. The fourth-order valence-corrected chi connectivity index (χ4v) is 4.40. The number of carbonyl (C=O) groups is 2. The predicted octanol–water partition coefficient (Wildman–Crippen LogP) is 3.56. The van der Waals surface area contributed by atoms with E-state index in [-0.39, 0.29) is 18.6 Å². The SMILES string of the molecule is Cc1ccc(CN(C)CN2C(=O)NC3(CCCCc4ccccc43)C2=O)cc1. The second-order valence-electron chi connectivity index (χ2n) is 8.07. The smallest absolute Gasteiger partial charge is 0.319 e. The second kappa shape index (κ2) is 7.40. The quantitative estimate of drug-likeness (QED) is 0.829. The van der Waals surface area contributed by atoms with E-state index in [1.54, 1.807) is 0 Å². The summed E-state index contributed by atoms with van der Waals surface area (Å²) >= 11 is 0. The van der Waals surface area contributed by atoms with E-state index < -0.39 is 5.54 Å². The summed E-state index contributed by atoms with van der Waals surface area (Å²) in [6.07, 6.45) is 3.57. The monoisotopic (exact) mass is 377 g/mol. The number of nitrogens with one attached hydrogen (secondary N) is 1. The van der Waals surface area contributed by atoms with Crippen molar-refractivity contribution in [3.63, 3.8) is 0 Å². The van der Waals surface area contributed by atoms with Crippen molar-refractivity contribution in [2.24, 2.45) is 0 Å². The van der Waals surface area contributed by atoms with Gasteiger partial charge in [-0.2, -0.15) is 0 Å². The Morgan fingerprint density at radius 3 is 2.61 bits per heavy atom. The lowest BCUT2D eigenvalue weighted by Crippen LogP contribution is -2.45. The Bertz CT molecular complexity index is 893. The van der Waals surface area contributed by atoms with Crippen LogP contribution in [0.5, 0.6) is 0 Å². The van der Waals surface area contributed by atoms with Gasteiger partial charge < -0.3 is 5.32 Å². The van der Waals surface area contributed by atoms with Crippen LogP contribution in [0.15, 0.2) is 48.5 Å². The van der Waals surface area contributed by atoms with E-state index in [1.807, 2.05) is 30.1 Å². The largest absolute Gasteiger partial charge is 0.326 e. The first-order valence-corrected chi connectivity index (χ1v) is 9.96. The van der Waals surface area contributed by atoms with Gasteiger partial charge >= 0.3 is 6.03 Å². The molecular formula is C23H27N3O2. The lowest BCUT2D eigenvalue weighted by atomic mass is 9.84. The van der Waals surface area contributed by atoms with Crippen LogP contribution in [0.3, 0.4) is 0 Å². The van der Waals surface area contributed by atoms with E-state index in [1.165, 1.54) is 16.0 Å². The molecule has 0 bridgehead atoms. The highest BCUT2D eigenvalue weighted by atomic mass is 16.2. The van der Waals surface area contributed by atoms with Gasteiger partial charge in [0, 0.05) is 6.54 Å². The number of nitrogens with zero attached hydrogens (tertiary/aromatic N) is 2. The summed E-state index contributed by atoms with van der Waals surface area (Å²) in [5.41, 5.74) is 3.61. The molecule has 1 aliphatic heterocycles. The highest BCUT2D eigenvalue weighted by molar-refractivity contribution is 6.07. The number of hydrogen-bond acceptors (Lipinski definition) is 3. The number of imide groups is 1. The van der Waals surface area contributed by atoms with E-state index >= 15 is 0 Å². The average molecular weight is 377 g/mol. The molecule has 0 radical (unpaired) electrons. The number of benzene rings is 2. The molecule has 1 saturated heterocycles. The first-order chi connectivity index (χ1) is 13.5. The maximum atomic E-state index is 13.5. The Balaban J connectivity index is 1.55. The number of rotatable bonds is 4. The number of aryl methyl sites for hydroxylation is 2. The third kappa shape index (κ3) is 3.31. The molecular weight excluding hydrogens is 350 g/mol. The van der Waals surface area contributed by atoms with Crippen molar-refractivity contribution in [1.29, 1.82) is 0 Å². The topological polar surface area (TPSA) is 52.6 Å². The van der Waals surface area contributed by atoms with Crippen LogP contribution in [-0.4, -0.2) is 35.5 Å². The van der Waals surface area contributed by atoms with Crippen LogP contribution < -0.4 is 5.32 Å². The van der Waals surface area contributed by atoms with E-state index in [0.29, 0.717) is 13.0 Å². The van der Waals surface area contributed by atoms with Gasteiger partial charge in [-0.25, -0.2) is 9.69 Å². The fourth-order valence-electron chi connectivity index (χ4n) is 4.40. The van der Waals surface area contributed by atoms with Gasteiger partial charge in [0.2, 0.25) is 0 Å². The van der Waals surface area contributed by atoms with Gasteiger partial charge in [0.25, 0.3) is 5.91 Å². The van der Waals surface area contributed by atoms with E-state index in [0.717, 1.165) is 30.4 Å². The standard InChI is InChI=1S/C23H27N3O2/c1-17-10-12-18(13-11-17)15-25(2)16-26-21(27)23(24-22(26)28)14-6-5-8-19-7-3-4-9-20(19)23/h3-4,7,9-13H,5-6,8,14-16H2,1-2H3,(H,24,28). The fraction of sp³-hybridized carbons (Fsp3) is 0.391. The summed E-state index contributed by atoms with van der Waals surface area (Å²) in [5.74, 6) is -0.123. The van der Waals surface area contributed by atoms with Crippen LogP contribution in [0.2, 0.25) is 0 Å². The molecule has 2 aromatic carbocycles. The number of amides is 3. The van der Waals surface area contributed by atoms with Gasteiger partial charge in [0.05, 0.1) is 6.67 Å². The maximum absolute atomic E-state index is 13.5. The van der Waals surface area contributed by atoms with Crippen molar-refractivity contribution < 1.29 is 9.59 Å². The molecule has 1 unspecified atom stereocenters. The molecule has 28 heavy (non-hydrogen) atoms. The number of hydrogen-bond donors (Lipinski definition) is 1. The molecule has 1 atom stereocenters. The minimum atomic E-state index is -0.908. The Kier molecular flexibility index (Phi) is 4.94. The summed E-state index contributed by atoms with van der Waals surface area (Å²) < 4.78 is 0. The molecule has 5 heteroatoms. The van der Waals surface area contributed by atoms with Gasteiger partial charge in [-0.3, -0.25) is 9.69 Å². The minimum absolute atomic E-state index is 0.123. The molecule has 1 N–H and O–H groups in total. The van der Waals surface area contributed by atoms with Crippen molar-refractivity contribution in [1.82, 2.24) is 15.1 Å². The lowest BCUT2D eigenvalue weighted by molar-refractivity contribution is -0.133. The van der Waals surface area contributed by atoms with Crippen molar-refractivity contribution >= 4 is 11.9 Å². The molecule has 0 aromatic heterocycles. The first kappa shape index (κ1) is 18.7. The highest BCUT2D eigenvalue weighted by Crippen LogP contribution is 2.39. The van der Waals surface area contributed by atoms with Crippen LogP contribution in [0.4, 0.5) is 4.79 Å². The van der Waals surface area contributed by atoms with E-state index in [2.05, 4.69) is 42.6 Å². The number of fused-ring (bicyclic) bond motifs is 2. The zero-order chi connectivity index (χ0) is 19.7. The summed E-state index contributed by atoms with van der Waals surface area (Å²) in [6, 6.07) is 16.1. The van der Waals surface area contributed by atoms with Gasteiger partial charge in [-0.05, 0) is 56.3 Å². The van der Waals surface area contributed by atoms with Gasteiger partial charge in [-0.15, -0.1) is 0 Å². The molecule has 3 amide bonds. The van der Waals surface area contributed by atoms with Gasteiger partial charge in [0.15, 0.2) is 0 Å². The predicted molar refractivity (Wildman–Crippen MR) is 109 cm³/mol. The van der Waals surface area contributed by atoms with Crippen LogP contribution in [0.1, 0.15) is 41.5 Å².